The highest BCUT2D eigenvalue weighted by Gasteiger charge is 2.24. The van der Waals surface area contributed by atoms with Crippen LogP contribution >= 0.6 is 0 Å². The molecule has 0 aromatic heterocycles. The Hall–Kier alpha value is -2.69. The standard InChI is InChI=1S/C19H20N2O3/c22-19(20-11-15-9-13-5-1-3-7-17(13)23-15)21-12-16-10-14-6-2-4-8-18(14)24-16/h1-8,15-16H,9-12H2,(H2,20,21,22)/t15-,16-/m0/s1. The fraction of sp³-hybridized carbons (Fsp3) is 0.316. The lowest BCUT2D eigenvalue weighted by molar-refractivity contribution is 0.203. The maximum Gasteiger partial charge on any atom is 0.315 e. The van der Waals surface area contributed by atoms with E-state index in [9.17, 15) is 4.79 Å². The summed E-state index contributed by atoms with van der Waals surface area (Å²) >= 11 is 0. The summed E-state index contributed by atoms with van der Waals surface area (Å²) in [6.45, 7) is 0.985. The number of benzene rings is 2. The second kappa shape index (κ2) is 6.43. The Kier molecular flexibility index (Phi) is 3.99. The molecule has 2 aliphatic rings. The van der Waals surface area contributed by atoms with Gasteiger partial charge in [-0.05, 0) is 23.3 Å². The van der Waals surface area contributed by atoms with Gasteiger partial charge in [0.2, 0.25) is 0 Å². The number of amides is 2. The molecular formula is C19H20N2O3. The summed E-state index contributed by atoms with van der Waals surface area (Å²) in [6.07, 6.45) is 1.66. The van der Waals surface area contributed by atoms with Crippen LogP contribution in [0, 0.1) is 0 Å². The summed E-state index contributed by atoms with van der Waals surface area (Å²) in [5.41, 5.74) is 2.39. The minimum atomic E-state index is -0.186. The molecule has 0 saturated heterocycles. The SMILES string of the molecule is O=C(NC[C@@H]1Cc2ccccc2O1)NC[C@@H]1Cc2ccccc2O1. The molecule has 5 heteroatoms. The topological polar surface area (TPSA) is 59.6 Å². The molecule has 0 unspecified atom stereocenters. The van der Waals surface area contributed by atoms with Gasteiger partial charge in [0.25, 0.3) is 0 Å². The molecule has 124 valence electrons. The van der Waals surface area contributed by atoms with Crippen molar-refractivity contribution in [2.24, 2.45) is 0 Å². The van der Waals surface area contributed by atoms with Crippen LogP contribution < -0.4 is 20.1 Å². The van der Waals surface area contributed by atoms with Gasteiger partial charge in [-0.25, -0.2) is 4.79 Å². The minimum absolute atomic E-state index is 0.000125. The lowest BCUT2D eigenvalue weighted by atomic mass is 10.1. The minimum Gasteiger partial charge on any atom is -0.488 e. The number of carbonyl (C=O) groups excluding carboxylic acids is 1. The fourth-order valence-electron chi connectivity index (χ4n) is 3.21. The lowest BCUT2D eigenvalue weighted by Crippen LogP contribution is -2.44. The first kappa shape index (κ1) is 14.9. The summed E-state index contributed by atoms with van der Waals surface area (Å²) in [6, 6.07) is 15.8. The van der Waals surface area contributed by atoms with Crippen molar-refractivity contribution in [3.05, 3.63) is 59.7 Å². The van der Waals surface area contributed by atoms with Crippen LogP contribution in [0.2, 0.25) is 0 Å². The molecule has 0 saturated carbocycles. The van der Waals surface area contributed by atoms with Crippen LogP contribution in [0.1, 0.15) is 11.1 Å². The molecule has 2 atom stereocenters. The van der Waals surface area contributed by atoms with Crippen molar-refractivity contribution in [2.75, 3.05) is 13.1 Å². The Balaban J connectivity index is 1.19. The molecule has 2 aromatic rings. The summed E-state index contributed by atoms with van der Waals surface area (Å²) in [5, 5.41) is 5.75. The monoisotopic (exact) mass is 324 g/mol. The zero-order chi connectivity index (χ0) is 16.4. The van der Waals surface area contributed by atoms with Crippen molar-refractivity contribution in [1.82, 2.24) is 10.6 Å². The van der Waals surface area contributed by atoms with Crippen molar-refractivity contribution in [1.29, 1.82) is 0 Å². The van der Waals surface area contributed by atoms with Crippen LogP contribution in [0.15, 0.2) is 48.5 Å². The quantitative estimate of drug-likeness (QED) is 0.907. The van der Waals surface area contributed by atoms with Crippen LogP contribution in [0.3, 0.4) is 0 Å². The predicted molar refractivity (Wildman–Crippen MR) is 90.5 cm³/mol. The number of hydrogen-bond donors (Lipinski definition) is 2. The molecule has 2 amide bonds. The van der Waals surface area contributed by atoms with Crippen LogP contribution in [-0.4, -0.2) is 31.3 Å². The molecule has 0 radical (unpaired) electrons. The molecule has 0 fully saturated rings. The zero-order valence-corrected chi connectivity index (χ0v) is 13.3. The van der Waals surface area contributed by atoms with Gasteiger partial charge in [-0.1, -0.05) is 36.4 Å². The second-order valence-corrected chi connectivity index (χ2v) is 6.19. The van der Waals surface area contributed by atoms with Gasteiger partial charge in [-0.2, -0.15) is 0 Å². The predicted octanol–water partition coefficient (Wildman–Crippen LogP) is 2.29. The van der Waals surface area contributed by atoms with Gasteiger partial charge in [0.15, 0.2) is 0 Å². The Bertz CT molecular complexity index is 635. The summed E-state index contributed by atoms with van der Waals surface area (Å²) in [7, 11) is 0. The first-order valence-electron chi connectivity index (χ1n) is 8.29. The van der Waals surface area contributed by atoms with Crippen molar-refractivity contribution < 1.29 is 14.3 Å². The molecule has 2 heterocycles. The van der Waals surface area contributed by atoms with Crippen molar-refractivity contribution in [3.8, 4) is 11.5 Å². The average Bonchev–Trinajstić information content (AvgIpc) is 3.21. The van der Waals surface area contributed by atoms with E-state index < -0.39 is 0 Å². The molecule has 0 bridgehead atoms. The number of carbonyl (C=O) groups is 1. The lowest BCUT2D eigenvalue weighted by Gasteiger charge is -2.15. The van der Waals surface area contributed by atoms with E-state index in [1.165, 1.54) is 11.1 Å². The molecule has 5 nitrogen and oxygen atoms in total. The third-order valence-electron chi connectivity index (χ3n) is 4.41. The summed E-state index contributed by atoms with van der Waals surface area (Å²) in [5.74, 6) is 1.84. The van der Waals surface area contributed by atoms with E-state index in [0.29, 0.717) is 13.1 Å². The molecule has 2 aromatic carbocycles. The largest absolute Gasteiger partial charge is 0.488 e. The number of hydrogen-bond acceptors (Lipinski definition) is 3. The van der Waals surface area contributed by atoms with Crippen molar-refractivity contribution in [3.63, 3.8) is 0 Å². The second-order valence-electron chi connectivity index (χ2n) is 6.19. The van der Waals surface area contributed by atoms with E-state index in [2.05, 4.69) is 22.8 Å². The normalized spacial score (nSPS) is 20.5. The van der Waals surface area contributed by atoms with Gasteiger partial charge < -0.3 is 20.1 Å². The van der Waals surface area contributed by atoms with Crippen LogP contribution in [0.25, 0.3) is 0 Å². The fourth-order valence-corrected chi connectivity index (χ4v) is 3.21. The van der Waals surface area contributed by atoms with E-state index in [1.54, 1.807) is 0 Å². The highest BCUT2D eigenvalue weighted by Crippen LogP contribution is 2.28. The van der Waals surface area contributed by atoms with Gasteiger partial charge in [-0.15, -0.1) is 0 Å². The summed E-state index contributed by atoms with van der Waals surface area (Å²) < 4.78 is 11.6. The third kappa shape index (κ3) is 3.15. The number of para-hydroxylation sites is 2. The smallest absolute Gasteiger partial charge is 0.315 e. The molecule has 0 spiro atoms. The maximum absolute atomic E-state index is 12.0. The third-order valence-corrected chi connectivity index (χ3v) is 4.41. The molecular weight excluding hydrogens is 304 g/mol. The van der Waals surface area contributed by atoms with Gasteiger partial charge >= 0.3 is 6.03 Å². The Morgan fingerprint density at radius 1 is 0.833 bits per heavy atom. The highest BCUT2D eigenvalue weighted by atomic mass is 16.5. The van der Waals surface area contributed by atoms with E-state index >= 15 is 0 Å². The highest BCUT2D eigenvalue weighted by molar-refractivity contribution is 5.73. The average molecular weight is 324 g/mol. The van der Waals surface area contributed by atoms with Gasteiger partial charge in [0, 0.05) is 12.8 Å². The van der Waals surface area contributed by atoms with Crippen molar-refractivity contribution in [2.45, 2.75) is 25.0 Å². The zero-order valence-electron chi connectivity index (χ0n) is 13.3. The number of urea groups is 1. The number of nitrogens with one attached hydrogen (secondary N) is 2. The first-order chi connectivity index (χ1) is 11.8. The van der Waals surface area contributed by atoms with Gasteiger partial charge in [0.1, 0.15) is 23.7 Å². The van der Waals surface area contributed by atoms with E-state index in [1.807, 2.05) is 36.4 Å². The number of fused-ring (bicyclic) bond motifs is 2. The molecule has 2 N–H and O–H groups in total. The number of ether oxygens (including phenoxy) is 2. The molecule has 4 rings (SSSR count). The van der Waals surface area contributed by atoms with Crippen LogP contribution in [0.5, 0.6) is 11.5 Å². The van der Waals surface area contributed by atoms with Crippen LogP contribution in [-0.2, 0) is 12.8 Å². The Morgan fingerprint density at radius 2 is 1.29 bits per heavy atom. The summed E-state index contributed by atoms with van der Waals surface area (Å²) in [4.78, 5) is 12.0. The first-order valence-corrected chi connectivity index (χ1v) is 8.29. The molecule has 24 heavy (non-hydrogen) atoms. The van der Waals surface area contributed by atoms with E-state index in [4.69, 9.17) is 9.47 Å². The van der Waals surface area contributed by atoms with Crippen LogP contribution in [0.4, 0.5) is 4.79 Å². The maximum atomic E-state index is 12.0. The number of rotatable bonds is 4. The van der Waals surface area contributed by atoms with Gasteiger partial charge in [0.05, 0.1) is 13.1 Å². The van der Waals surface area contributed by atoms with E-state index in [-0.39, 0.29) is 18.2 Å². The van der Waals surface area contributed by atoms with Gasteiger partial charge in [-0.3, -0.25) is 0 Å². The van der Waals surface area contributed by atoms with E-state index in [0.717, 1.165) is 24.3 Å². The molecule has 2 aliphatic heterocycles. The Labute approximate surface area is 141 Å². The molecule has 0 aliphatic carbocycles. The van der Waals surface area contributed by atoms with Crippen molar-refractivity contribution >= 4 is 6.03 Å². The Morgan fingerprint density at radius 3 is 1.75 bits per heavy atom.